The zero-order chi connectivity index (χ0) is 14.2. The summed E-state index contributed by atoms with van der Waals surface area (Å²) in [6.07, 6.45) is 0.824. The molecule has 2 aromatic heterocycles. The van der Waals surface area contributed by atoms with E-state index in [-0.39, 0.29) is 11.2 Å². The molecule has 0 radical (unpaired) electrons. The number of hydrogen-bond donors (Lipinski definition) is 2. The number of fused-ring (bicyclic) bond motifs is 1. The Labute approximate surface area is 109 Å². The minimum Gasteiger partial charge on any atom is -0.345 e. The van der Waals surface area contributed by atoms with Crippen molar-refractivity contribution in [1.82, 2.24) is 19.1 Å². The molecule has 2 rings (SSSR count). The second-order valence-electron chi connectivity index (χ2n) is 4.53. The lowest BCUT2D eigenvalue weighted by atomic mass is 10.4. The van der Waals surface area contributed by atoms with Gasteiger partial charge in [0.1, 0.15) is 0 Å². The van der Waals surface area contributed by atoms with E-state index in [1.807, 2.05) is 11.9 Å². The zero-order valence-electron chi connectivity index (χ0n) is 11.3. The lowest BCUT2D eigenvalue weighted by Crippen LogP contribution is -2.36. The number of aromatic nitrogens is 4. The number of hydrogen-bond acceptors (Lipinski definition) is 5. The summed E-state index contributed by atoms with van der Waals surface area (Å²) in [5.74, 6) is 0.557. The molecule has 0 bridgehead atoms. The van der Waals surface area contributed by atoms with Crippen molar-refractivity contribution in [3.63, 3.8) is 0 Å². The van der Waals surface area contributed by atoms with Gasteiger partial charge in [0.2, 0.25) is 5.95 Å². The van der Waals surface area contributed by atoms with Crippen LogP contribution in [0.5, 0.6) is 0 Å². The molecule has 0 aromatic carbocycles. The fraction of sp³-hybridized carbons (Fsp3) is 0.545. The average Bonchev–Trinajstić information content (AvgIpc) is 2.85. The normalized spacial score (nSPS) is 11.2. The molecule has 0 saturated carbocycles. The van der Waals surface area contributed by atoms with E-state index >= 15 is 0 Å². The number of anilines is 1. The Balaban J connectivity index is 2.58. The van der Waals surface area contributed by atoms with Crippen molar-refractivity contribution in [2.75, 3.05) is 25.0 Å². The summed E-state index contributed by atoms with van der Waals surface area (Å²) in [4.78, 5) is 32.9. The number of nitrogens with one attached hydrogen (secondary N) is 1. The average molecular weight is 266 g/mol. The second-order valence-corrected chi connectivity index (χ2v) is 4.53. The van der Waals surface area contributed by atoms with Crippen molar-refractivity contribution in [3.8, 4) is 0 Å². The van der Waals surface area contributed by atoms with Crippen LogP contribution < -0.4 is 21.9 Å². The lowest BCUT2D eigenvalue weighted by molar-refractivity contribution is 0.708. The first-order valence-corrected chi connectivity index (χ1v) is 6.04. The van der Waals surface area contributed by atoms with Gasteiger partial charge in [-0.3, -0.25) is 13.9 Å². The van der Waals surface area contributed by atoms with E-state index in [4.69, 9.17) is 5.73 Å². The molecule has 8 heteroatoms. The maximum atomic E-state index is 12.0. The molecule has 0 aliphatic rings. The molecule has 0 saturated heterocycles. The summed E-state index contributed by atoms with van der Waals surface area (Å²) >= 11 is 0. The summed E-state index contributed by atoms with van der Waals surface area (Å²) in [6.45, 7) is 1.31. The molecule has 0 aliphatic carbocycles. The van der Waals surface area contributed by atoms with E-state index in [0.29, 0.717) is 23.7 Å². The first-order chi connectivity index (χ1) is 8.97. The van der Waals surface area contributed by atoms with Gasteiger partial charge < -0.3 is 15.6 Å². The quantitative estimate of drug-likeness (QED) is 0.719. The molecule has 3 N–H and O–H groups in total. The van der Waals surface area contributed by atoms with Crippen molar-refractivity contribution in [1.29, 1.82) is 0 Å². The maximum absolute atomic E-state index is 12.0. The number of nitrogens with zero attached hydrogens (tertiary/aromatic N) is 4. The number of nitrogens with two attached hydrogens (primary N) is 1. The highest BCUT2D eigenvalue weighted by molar-refractivity contribution is 5.72. The summed E-state index contributed by atoms with van der Waals surface area (Å²) in [5, 5.41) is 0. The van der Waals surface area contributed by atoms with Gasteiger partial charge in [0.15, 0.2) is 11.2 Å². The monoisotopic (exact) mass is 266 g/mol. The van der Waals surface area contributed by atoms with Crippen molar-refractivity contribution >= 4 is 17.1 Å². The van der Waals surface area contributed by atoms with Crippen molar-refractivity contribution in [2.45, 2.75) is 6.42 Å². The summed E-state index contributed by atoms with van der Waals surface area (Å²) in [7, 11) is 4.90. The van der Waals surface area contributed by atoms with Crippen LogP contribution in [-0.4, -0.2) is 39.2 Å². The Morgan fingerprint density at radius 3 is 2.63 bits per heavy atom. The van der Waals surface area contributed by atoms with Gasteiger partial charge in [-0.1, -0.05) is 0 Å². The Kier molecular flexibility index (Phi) is 3.43. The molecular weight excluding hydrogens is 248 g/mol. The molecule has 2 aromatic rings. The van der Waals surface area contributed by atoms with E-state index in [2.05, 4.69) is 9.97 Å². The van der Waals surface area contributed by atoms with E-state index < -0.39 is 0 Å². The molecule has 8 nitrogen and oxygen atoms in total. The van der Waals surface area contributed by atoms with Crippen LogP contribution in [0.3, 0.4) is 0 Å². The first kappa shape index (κ1) is 13.3. The number of imidazole rings is 1. The van der Waals surface area contributed by atoms with Crippen LogP contribution in [0.25, 0.3) is 11.2 Å². The van der Waals surface area contributed by atoms with Crippen LogP contribution >= 0.6 is 0 Å². The SMILES string of the molecule is CN(CCCN)c1nc2c([nH]1)c(=O)n(C)c(=O)n2C. The van der Waals surface area contributed by atoms with E-state index in [0.717, 1.165) is 17.5 Å². The predicted octanol–water partition coefficient (Wildman–Crippen LogP) is -1.25. The summed E-state index contributed by atoms with van der Waals surface area (Å²) in [6, 6.07) is 0. The lowest BCUT2D eigenvalue weighted by Gasteiger charge is -2.14. The molecule has 0 unspecified atom stereocenters. The maximum Gasteiger partial charge on any atom is 0.332 e. The second kappa shape index (κ2) is 4.88. The smallest absolute Gasteiger partial charge is 0.332 e. The van der Waals surface area contributed by atoms with Gasteiger partial charge in [-0.05, 0) is 13.0 Å². The van der Waals surface area contributed by atoms with Crippen LogP contribution in [0, 0.1) is 0 Å². The number of rotatable bonds is 4. The standard InChI is InChI=1S/C11H18N6O2/c1-15(6-4-5-12)10-13-7-8(14-10)16(2)11(19)17(3)9(7)18/h4-6,12H2,1-3H3,(H,13,14). The Hall–Kier alpha value is -2.09. The zero-order valence-corrected chi connectivity index (χ0v) is 11.3. The Morgan fingerprint density at radius 2 is 2.00 bits per heavy atom. The first-order valence-electron chi connectivity index (χ1n) is 6.04. The van der Waals surface area contributed by atoms with E-state index in [1.54, 1.807) is 7.05 Å². The molecule has 19 heavy (non-hydrogen) atoms. The molecule has 0 fully saturated rings. The van der Waals surface area contributed by atoms with Crippen LogP contribution in [-0.2, 0) is 14.1 Å². The van der Waals surface area contributed by atoms with E-state index in [9.17, 15) is 9.59 Å². The van der Waals surface area contributed by atoms with Gasteiger partial charge in [-0.2, -0.15) is 4.98 Å². The molecule has 0 amide bonds. The van der Waals surface area contributed by atoms with Crippen molar-refractivity contribution in [2.24, 2.45) is 19.8 Å². The van der Waals surface area contributed by atoms with Gasteiger partial charge in [0.05, 0.1) is 0 Å². The molecule has 104 valence electrons. The fourth-order valence-electron chi connectivity index (χ4n) is 1.93. The highest BCUT2D eigenvalue weighted by atomic mass is 16.2. The van der Waals surface area contributed by atoms with Gasteiger partial charge in [-0.15, -0.1) is 0 Å². The van der Waals surface area contributed by atoms with Crippen LogP contribution in [0.1, 0.15) is 6.42 Å². The third-order valence-corrected chi connectivity index (χ3v) is 3.14. The van der Waals surface area contributed by atoms with Gasteiger partial charge in [0, 0.05) is 27.7 Å². The topological polar surface area (TPSA) is 102 Å². The highest BCUT2D eigenvalue weighted by Gasteiger charge is 2.14. The third-order valence-electron chi connectivity index (χ3n) is 3.14. The highest BCUT2D eigenvalue weighted by Crippen LogP contribution is 2.11. The Bertz CT molecular complexity index is 710. The minimum absolute atomic E-state index is 0.333. The number of aromatic amines is 1. The van der Waals surface area contributed by atoms with Crippen LogP contribution in [0.15, 0.2) is 9.59 Å². The van der Waals surface area contributed by atoms with Gasteiger partial charge in [-0.25, -0.2) is 4.79 Å². The number of aryl methyl sites for hydroxylation is 1. The van der Waals surface area contributed by atoms with Crippen LogP contribution in [0.2, 0.25) is 0 Å². The van der Waals surface area contributed by atoms with Crippen molar-refractivity contribution in [3.05, 3.63) is 20.8 Å². The molecule has 0 spiro atoms. The van der Waals surface area contributed by atoms with Crippen molar-refractivity contribution < 1.29 is 0 Å². The summed E-state index contributed by atoms with van der Waals surface area (Å²) < 4.78 is 2.41. The Morgan fingerprint density at radius 1 is 1.32 bits per heavy atom. The largest absolute Gasteiger partial charge is 0.345 e. The molecule has 2 heterocycles. The third kappa shape index (κ3) is 2.14. The molecule has 0 atom stereocenters. The van der Waals surface area contributed by atoms with Gasteiger partial charge >= 0.3 is 5.69 Å². The fourth-order valence-corrected chi connectivity index (χ4v) is 1.93. The summed E-state index contributed by atoms with van der Waals surface area (Å²) in [5.41, 5.74) is 5.40. The molecule has 0 aliphatic heterocycles. The van der Waals surface area contributed by atoms with E-state index in [1.165, 1.54) is 11.6 Å². The van der Waals surface area contributed by atoms with Gasteiger partial charge in [0.25, 0.3) is 5.56 Å². The minimum atomic E-state index is -0.389. The molecular formula is C11H18N6O2. The number of H-pyrrole nitrogens is 1. The predicted molar refractivity (Wildman–Crippen MR) is 73.5 cm³/mol. The van der Waals surface area contributed by atoms with Crippen LogP contribution in [0.4, 0.5) is 5.95 Å².